The van der Waals surface area contributed by atoms with Crippen molar-refractivity contribution < 1.29 is 4.42 Å². The third-order valence-corrected chi connectivity index (χ3v) is 11.9. The number of fused-ring (bicyclic) bond motifs is 11. The zero-order valence-electron chi connectivity index (χ0n) is 29.9. The van der Waals surface area contributed by atoms with Gasteiger partial charge in [-0.1, -0.05) is 152 Å². The third kappa shape index (κ3) is 4.49. The van der Waals surface area contributed by atoms with Gasteiger partial charge in [0.25, 0.3) is 0 Å². The van der Waals surface area contributed by atoms with Gasteiger partial charge in [-0.2, -0.15) is 0 Å². The van der Waals surface area contributed by atoms with Crippen LogP contribution in [0.5, 0.6) is 0 Å². The smallest absolute Gasteiger partial charge is 0.137 e. The highest BCUT2D eigenvalue weighted by atomic mass is 16.3. The van der Waals surface area contributed by atoms with Crippen LogP contribution in [-0.4, -0.2) is 4.57 Å². The molecule has 0 saturated heterocycles. The molecular weight excluding hydrogens is 667 g/mol. The summed E-state index contributed by atoms with van der Waals surface area (Å²) < 4.78 is 8.92. The van der Waals surface area contributed by atoms with Crippen molar-refractivity contribution in [3.63, 3.8) is 0 Å². The Morgan fingerprint density at radius 2 is 1.09 bits per heavy atom. The minimum absolute atomic E-state index is 0.193. The maximum atomic E-state index is 6.45. The van der Waals surface area contributed by atoms with Crippen molar-refractivity contribution in [1.29, 1.82) is 0 Å². The molecule has 0 spiro atoms. The zero-order valence-corrected chi connectivity index (χ0v) is 29.9. The van der Waals surface area contributed by atoms with Crippen LogP contribution in [0.2, 0.25) is 0 Å². The average Bonchev–Trinajstić information content (AvgIpc) is 3.91. The van der Waals surface area contributed by atoms with E-state index in [2.05, 4.69) is 193 Å². The van der Waals surface area contributed by atoms with E-state index in [4.69, 9.17) is 4.42 Å². The fourth-order valence-electron chi connectivity index (χ4n) is 9.39. The van der Waals surface area contributed by atoms with Crippen LogP contribution in [0.3, 0.4) is 0 Å². The molecule has 0 N–H and O–H groups in total. The van der Waals surface area contributed by atoms with Gasteiger partial charge >= 0.3 is 0 Å². The van der Waals surface area contributed by atoms with Gasteiger partial charge in [-0.05, 0) is 97.9 Å². The summed E-state index contributed by atoms with van der Waals surface area (Å²) in [6.07, 6.45) is 0. The summed E-state index contributed by atoms with van der Waals surface area (Å²) in [6, 6.07) is 71.0. The van der Waals surface area contributed by atoms with Crippen molar-refractivity contribution in [2.75, 3.05) is 0 Å². The summed E-state index contributed by atoms with van der Waals surface area (Å²) in [5.74, 6) is 0.193. The molecule has 0 saturated carbocycles. The molecule has 12 rings (SSSR count). The first-order valence-electron chi connectivity index (χ1n) is 19.0. The highest BCUT2D eigenvalue weighted by Gasteiger charge is 2.30. The van der Waals surface area contributed by atoms with Gasteiger partial charge in [-0.3, -0.25) is 0 Å². The molecule has 0 radical (unpaired) electrons. The molecule has 2 heterocycles. The van der Waals surface area contributed by atoms with Crippen molar-refractivity contribution in [2.45, 2.75) is 5.92 Å². The topological polar surface area (TPSA) is 18.1 Å². The van der Waals surface area contributed by atoms with Crippen LogP contribution in [-0.2, 0) is 0 Å². The van der Waals surface area contributed by atoms with Crippen LogP contribution in [0.1, 0.15) is 22.6 Å². The van der Waals surface area contributed by atoms with E-state index in [1.54, 1.807) is 0 Å². The Kier molecular flexibility index (Phi) is 6.43. The van der Waals surface area contributed by atoms with Gasteiger partial charge < -0.3 is 8.98 Å². The Bertz CT molecular complexity index is 3300. The second kappa shape index (κ2) is 11.7. The number of aromatic nitrogens is 1. The highest BCUT2D eigenvalue weighted by Crippen LogP contribution is 2.50. The monoisotopic (exact) mass is 699 g/mol. The lowest BCUT2D eigenvalue weighted by atomic mass is 9.88. The lowest BCUT2D eigenvalue weighted by Crippen LogP contribution is -1.99. The Hall–Kier alpha value is -7.16. The Morgan fingerprint density at radius 3 is 2.00 bits per heavy atom. The minimum Gasteiger partial charge on any atom is -0.456 e. The molecule has 11 aromatic rings. The van der Waals surface area contributed by atoms with E-state index in [-0.39, 0.29) is 5.92 Å². The maximum absolute atomic E-state index is 6.45. The van der Waals surface area contributed by atoms with E-state index in [1.807, 2.05) is 6.07 Å². The van der Waals surface area contributed by atoms with Crippen molar-refractivity contribution >= 4 is 54.5 Å². The SMILES string of the molecule is c1ccc(-c2ccc(C3c4ccccc4-c4cc(-c5ccc6c(c5)c5ccc7oc8ccccc8c7c5n6-c5cccc6ccccc56)ccc43)cc2)cc1. The Balaban J connectivity index is 1.05. The summed E-state index contributed by atoms with van der Waals surface area (Å²) in [5.41, 5.74) is 16.9. The highest BCUT2D eigenvalue weighted by molar-refractivity contribution is 6.25. The molecule has 2 nitrogen and oxygen atoms in total. The summed E-state index contributed by atoms with van der Waals surface area (Å²) in [4.78, 5) is 0. The molecule has 1 aliphatic rings. The van der Waals surface area contributed by atoms with Gasteiger partial charge in [0.1, 0.15) is 11.2 Å². The zero-order chi connectivity index (χ0) is 36.0. The summed E-state index contributed by atoms with van der Waals surface area (Å²) in [6.45, 7) is 0. The minimum atomic E-state index is 0.193. The number of hydrogen-bond donors (Lipinski definition) is 0. The molecular formula is C53H33NO. The predicted molar refractivity (Wildman–Crippen MR) is 229 cm³/mol. The molecule has 1 unspecified atom stereocenters. The van der Waals surface area contributed by atoms with Crippen LogP contribution < -0.4 is 0 Å². The average molecular weight is 700 g/mol. The quantitative estimate of drug-likeness (QED) is 0.179. The molecule has 0 bridgehead atoms. The number of hydrogen-bond acceptors (Lipinski definition) is 1. The summed E-state index contributed by atoms with van der Waals surface area (Å²) >= 11 is 0. The van der Waals surface area contributed by atoms with Crippen LogP contribution in [0.25, 0.3) is 93.6 Å². The number of rotatable bonds is 4. The van der Waals surface area contributed by atoms with E-state index in [0.717, 1.165) is 21.9 Å². The largest absolute Gasteiger partial charge is 0.456 e. The summed E-state index contributed by atoms with van der Waals surface area (Å²) in [5, 5.41) is 7.17. The molecule has 0 aliphatic heterocycles. The van der Waals surface area contributed by atoms with Gasteiger partial charge in [0.15, 0.2) is 0 Å². The van der Waals surface area contributed by atoms with Crippen LogP contribution in [0, 0.1) is 0 Å². The first-order valence-corrected chi connectivity index (χ1v) is 19.0. The van der Waals surface area contributed by atoms with Gasteiger partial charge in [0.2, 0.25) is 0 Å². The Morgan fingerprint density at radius 1 is 0.400 bits per heavy atom. The molecule has 2 heteroatoms. The molecule has 0 fully saturated rings. The molecule has 55 heavy (non-hydrogen) atoms. The predicted octanol–water partition coefficient (Wildman–Crippen LogP) is 14.3. The van der Waals surface area contributed by atoms with E-state index < -0.39 is 0 Å². The van der Waals surface area contributed by atoms with Crippen molar-refractivity contribution in [3.8, 4) is 39.1 Å². The molecule has 2 aromatic heterocycles. The molecule has 256 valence electrons. The molecule has 1 atom stereocenters. The van der Waals surface area contributed by atoms with Crippen LogP contribution >= 0.6 is 0 Å². The van der Waals surface area contributed by atoms with Crippen molar-refractivity contribution in [3.05, 3.63) is 211 Å². The standard InChI is InChI=1S/C53H33NO/c1-2-11-33(12-3-1)34-21-23-36(24-22-34)51-41-17-7-6-16-40(41)45-31-37(25-27-42(45)51)38-26-29-48-46(32-38)43-28-30-50-52(44-18-8-9-20-49(44)55-50)53(43)54(48)47-19-10-14-35-13-4-5-15-39(35)47/h1-32,51H. The Labute approximate surface area is 318 Å². The van der Waals surface area contributed by atoms with E-state index >= 15 is 0 Å². The molecule has 0 amide bonds. The lowest BCUT2D eigenvalue weighted by molar-refractivity contribution is 0.669. The van der Waals surface area contributed by atoms with Crippen molar-refractivity contribution in [1.82, 2.24) is 4.57 Å². The number of benzene rings is 9. The number of furan rings is 1. The fourth-order valence-corrected chi connectivity index (χ4v) is 9.39. The first kappa shape index (κ1) is 30.3. The van der Waals surface area contributed by atoms with Gasteiger partial charge in [-0.15, -0.1) is 0 Å². The fraction of sp³-hybridized carbons (Fsp3) is 0.0189. The molecule has 1 aliphatic carbocycles. The van der Waals surface area contributed by atoms with Gasteiger partial charge in [0.05, 0.1) is 22.1 Å². The van der Waals surface area contributed by atoms with Crippen LogP contribution in [0.4, 0.5) is 0 Å². The van der Waals surface area contributed by atoms with Crippen molar-refractivity contribution in [2.24, 2.45) is 0 Å². The first-order chi connectivity index (χ1) is 27.3. The third-order valence-electron chi connectivity index (χ3n) is 11.9. The second-order valence-electron chi connectivity index (χ2n) is 14.8. The number of para-hydroxylation sites is 1. The van der Waals surface area contributed by atoms with E-state index in [1.165, 1.54) is 88.3 Å². The van der Waals surface area contributed by atoms with E-state index in [9.17, 15) is 0 Å². The second-order valence-corrected chi connectivity index (χ2v) is 14.8. The van der Waals surface area contributed by atoms with E-state index in [0.29, 0.717) is 0 Å². The normalized spacial score (nSPS) is 13.6. The lowest BCUT2D eigenvalue weighted by Gasteiger charge is -2.15. The number of nitrogens with zero attached hydrogens (tertiary/aromatic N) is 1. The van der Waals surface area contributed by atoms with Crippen LogP contribution in [0.15, 0.2) is 199 Å². The molecule has 9 aromatic carbocycles. The maximum Gasteiger partial charge on any atom is 0.137 e. The van der Waals surface area contributed by atoms with Gasteiger partial charge in [-0.25, -0.2) is 0 Å². The van der Waals surface area contributed by atoms with Gasteiger partial charge in [0, 0.05) is 27.5 Å². The summed E-state index contributed by atoms with van der Waals surface area (Å²) in [7, 11) is 0.